The van der Waals surface area contributed by atoms with Gasteiger partial charge in [0.05, 0.1) is 17.8 Å². The highest BCUT2D eigenvalue weighted by atomic mass is 35.5. The second-order valence-electron chi connectivity index (χ2n) is 9.76. The summed E-state index contributed by atoms with van der Waals surface area (Å²) >= 11 is 6.98. The van der Waals surface area contributed by atoms with Crippen LogP contribution in [-0.4, -0.2) is 17.6 Å². The molecule has 32 heavy (non-hydrogen) atoms. The van der Waals surface area contributed by atoms with Gasteiger partial charge in [-0.1, -0.05) is 61.0 Å². The van der Waals surface area contributed by atoms with Crippen molar-refractivity contribution in [2.45, 2.75) is 58.0 Å². The summed E-state index contributed by atoms with van der Waals surface area (Å²) in [4.78, 5) is 4.84. The van der Waals surface area contributed by atoms with Crippen LogP contribution in [0.25, 0.3) is 22.4 Å². The monoisotopic (exact) mass is 446 g/mol. The number of hydrogen-bond donors (Lipinski definition) is 1. The summed E-state index contributed by atoms with van der Waals surface area (Å²) in [7, 11) is 1.69. The minimum absolute atomic E-state index is 0.219. The first-order valence-corrected chi connectivity index (χ1v) is 12.0. The molecule has 1 saturated carbocycles. The molecule has 1 fully saturated rings. The maximum Gasteiger partial charge on any atom is 0.218 e. The highest BCUT2D eigenvalue weighted by molar-refractivity contribution is 6.36. The van der Waals surface area contributed by atoms with E-state index in [0.717, 1.165) is 52.7 Å². The molecule has 166 valence electrons. The lowest BCUT2D eigenvalue weighted by Gasteiger charge is -2.44. The van der Waals surface area contributed by atoms with Gasteiger partial charge in [-0.05, 0) is 67.7 Å². The van der Waals surface area contributed by atoms with Crippen molar-refractivity contribution in [3.8, 4) is 28.3 Å². The smallest absolute Gasteiger partial charge is 0.218 e. The summed E-state index contributed by atoms with van der Waals surface area (Å²) in [5.74, 6) is 1.46. The zero-order valence-electron chi connectivity index (χ0n) is 19.2. The van der Waals surface area contributed by atoms with E-state index in [0.29, 0.717) is 5.88 Å². The third kappa shape index (κ3) is 3.93. The molecule has 4 heteroatoms. The summed E-state index contributed by atoms with van der Waals surface area (Å²) in [6.07, 6.45) is 5.93. The van der Waals surface area contributed by atoms with Crippen molar-refractivity contribution in [1.29, 1.82) is 0 Å². The van der Waals surface area contributed by atoms with E-state index in [1.165, 1.54) is 36.0 Å². The van der Waals surface area contributed by atoms with Crippen molar-refractivity contribution in [2.24, 2.45) is 5.92 Å². The Bertz CT molecular complexity index is 1150. The highest BCUT2D eigenvalue weighted by Crippen LogP contribution is 2.41. The minimum atomic E-state index is 0.219. The average molecular weight is 447 g/mol. The van der Waals surface area contributed by atoms with Gasteiger partial charge in [0.15, 0.2) is 0 Å². The van der Waals surface area contributed by atoms with Gasteiger partial charge >= 0.3 is 0 Å². The lowest BCUT2D eigenvalue weighted by atomic mass is 9.70. The van der Waals surface area contributed by atoms with E-state index in [4.69, 9.17) is 21.3 Å². The molecular weight excluding hydrogens is 416 g/mol. The van der Waals surface area contributed by atoms with Gasteiger partial charge in [0.2, 0.25) is 5.88 Å². The molecular formula is C28H31ClN2O. The zero-order chi connectivity index (χ0) is 22.3. The first-order valence-electron chi connectivity index (χ1n) is 11.7. The number of pyridine rings is 1. The van der Waals surface area contributed by atoms with E-state index in [2.05, 4.69) is 61.6 Å². The molecule has 0 bridgehead atoms. The first kappa shape index (κ1) is 21.5. The summed E-state index contributed by atoms with van der Waals surface area (Å²) in [6.45, 7) is 5.36. The molecule has 0 atom stereocenters. The lowest BCUT2D eigenvalue weighted by molar-refractivity contribution is 0.133. The van der Waals surface area contributed by atoms with Crippen LogP contribution in [0.15, 0.2) is 48.5 Å². The number of hydrogen-bond acceptors (Lipinski definition) is 3. The molecule has 1 aromatic heterocycles. The molecule has 5 rings (SSSR count). The summed E-state index contributed by atoms with van der Waals surface area (Å²) < 4.78 is 5.67. The van der Waals surface area contributed by atoms with Crippen LogP contribution in [0.5, 0.6) is 5.88 Å². The number of nitrogens with zero attached hydrogens (tertiary/aromatic N) is 1. The Labute approximate surface area is 196 Å². The van der Waals surface area contributed by atoms with Crippen molar-refractivity contribution in [3.63, 3.8) is 0 Å². The largest absolute Gasteiger partial charge is 0.481 e. The van der Waals surface area contributed by atoms with E-state index in [9.17, 15) is 0 Å². The lowest BCUT2D eigenvalue weighted by Crippen LogP contribution is -2.51. The van der Waals surface area contributed by atoms with Crippen LogP contribution in [-0.2, 0) is 19.4 Å². The molecule has 2 aromatic carbocycles. The molecule has 0 radical (unpaired) electrons. The number of fused-ring (bicyclic) bond motifs is 1. The van der Waals surface area contributed by atoms with E-state index in [1.807, 2.05) is 6.07 Å². The van der Waals surface area contributed by atoms with E-state index >= 15 is 0 Å². The maximum atomic E-state index is 6.98. The third-order valence-corrected chi connectivity index (χ3v) is 7.55. The van der Waals surface area contributed by atoms with Gasteiger partial charge in [0.1, 0.15) is 0 Å². The van der Waals surface area contributed by atoms with Gasteiger partial charge in [-0.3, -0.25) is 0 Å². The predicted octanol–water partition coefficient (Wildman–Crippen LogP) is 6.84. The molecule has 3 aromatic rings. The molecule has 1 heterocycles. The topological polar surface area (TPSA) is 34.1 Å². The predicted molar refractivity (Wildman–Crippen MR) is 132 cm³/mol. The molecule has 0 amide bonds. The Morgan fingerprint density at radius 3 is 2.56 bits per heavy atom. The van der Waals surface area contributed by atoms with Crippen LogP contribution < -0.4 is 10.1 Å². The normalized spacial score (nSPS) is 21.8. The van der Waals surface area contributed by atoms with Crippen molar-refractivity contribution < 1.29 is 4.74 Å². The van der Waals surface area contributed by atoms with Crippen molar-refractivity contribution in [3.05, 3.63) is 70.2 Å². The SMILES string of the molecule is COc1nc(-c2cccc(-c3cccc4c3CCC4)c2Cl)ccc1CNC1(C)CC(C)C1. The number of benzene rings is 2. The number of nitrogens with one attached hydrogen (secondary N) is 1. The molecule has 3 nitrogen and oxygen atoms in total. The van der Waals surface area contributed by atoms with Crippen LogP contribution in [0, 0.1) is 5.92 Å². The minimum Gasteiger partial charge on any atom is -0.481 e. The van der Waals surface area contributed by atoms with Gasteiger partial charge < -0.3 is 10.1 Å². The Balaban J connectivity index is 1.45. The fraction of sp³-hybridized carbons (Fsp3) is 0.393. The number of ether oxygens (including phenoxy) is 1. The van der Waals surface area contributed by atoms with E-state index < -0.39 is 0 Å². The quantitative estimate of drug-likeness (QED) is 0.449. The summed E-state index contributed by atoms with van der Waals surface area (Å²) in [6, 6.07) is 17.0. The second-order valence-corrected chi connectivity index (χ2v) is 10.1. The second kappa shape index (κ2) is 8.53. The van der Waals surface area contributed by atoms with E-state index in [-0.39, 0.29) is 5.54 Å². The Kier molecular flexibility index (Phi) is 5.73. The van der Waals surface area contributed by atoms with Gasteiger partial charge in [0.25, 0.3) is 0 Å². The van der Waals surface area contributed by atoms with Gasteiger partial charge in [0, 0.05) is 28.8 Å². The van der Waals surface area contributed by atoms with E-state index in [1.54, 1.807) is 7.11 Å². The molecule has 1 N–H and O–H groups in total. The highest BCUT2D eigenvalue weighted by Gasteiger charge is 2.37. The maximum absolute atomic E-state index is 6.98. The number of aromatic nitrogens is 1. The standard InChI is InChI=1S/C28H31ClN2O/c1-18-15-28(2,16-18)30-17-20-13-14-25(31-27(20)32-3)24-12-6-11-23(26(24)29)22-10-5-8-19-7-4-9-21(19)22/h5-6,8,10-14,18,30H,4,7,9,15-17H2,1-3H3. The van der Waals surface area contributed by atoms with Crippen LogP contribution in [0.4, 0.5) is 0 Å². The van der Waals surface area contributed by atoms with Crippen LogP contribution in [0.1, 0.15) is 49.8 Å². The molecule has 0 saturated heterocycles. The number of methoxy groups -OCH3 is 1. The fourth-order valence-electron chi connectivity index (χ4n) is 5.67. The third-order valence-electron chi connectivity index (χ3n) is 7.15. The van der Waals surface area contributed by atoms with Gasteiger partial charge in [-0.15, -0.1) is 0 Å². The molecule has 0 spiro atoms. The molecule has 0 unspecified atom stereocenters. The summed E-state index contributed by atoms with van der Waals surface area (Å²) in [5, 5.41) is 4.45. The number of rotatable bonds is 6. The van der Waals surface area contributed by atoms with Crippen LogP contribution >= 0.6 is 11.6 Å². The van der Waals surface area contributed by atoms with Gasteiger partial charge in [-0.25, -0.2) is 4.98 Å². The van der Waals surface area contributed by atoms with Crippen molar-refractivity contribution in [2.75, 3.05) is 7.11 Å². The zero-order valence-corrected chi connectivity index (χ0v) is 19.9. The van der Waals surface area contributed by atoms with Crippen molar-refractivity contribution >= 4 is 11.6 Å². The average Bonchev–Trinajstić information content (AvgIpc) is 3.26. The molecule has 0 aliphatic heterocycles. The summed E-state index contributed by atoms with van der Waals surface area (Å²) in [5.41, 5.74) is 8.31. The fourth-order valence-corrected chi connectivity index (χ4v) is 6.00. The Morgan fingerprint density at radius 2 is 1.78 bits per heavy atom. The molecule has 2 aliphatic carbocycles. The Morgan fingerprint density at radius 1 is 1.03 bits per heavy atom. The molecule has 2 aliphatic rings. The van der Waals surface area contributed by atoms with Crippen LogP contribution in [0.3, 0.4) is 0 Å². The Hall–Kier alpha value is -2.36. The van der Waals surface area contributed by atoms with Crippen LogP contribution in [0.2, 0.25) is 5.02 Å². The first-order chi connectivity index (χ1) is 15.5. The number of halogens is 1. The van der Waals surface area contributed by atoms with Gasteiger partial charge in [-0.2, -0.15) is 0 Å². The number of aryl methyl sites for hydroxylation is 1. The van der Waals surface area contributed by atoms with Crippen molar-refractivity contribution in [1.82, 2.24) is 10.3 Å².